The quantitative estimate of drug-likeness (QED) is 0.163. The molecule has 2 heterocycles. The number of rotatable bonds is 7. The third kappa shape index (κ3) is 6.43. The molecule has 0 spiro atoms. The summed E-state index contributed by atoms with van der Waals surface area (Å²) >= 11 is 0. The van der Waals surface area contributed by atoms with Gasteiger partial charge in [-0.05, 0) is 67.9 Å². The molecule has 0 N–H and O–H groups in total. The summed E-state index contributed by atoms with van der Waals surface area (Å²) in [4.78, 5) is 15.6. The third-order valence-corrected chi connectivity index (χ3v) is 11.2. The minimum atomic E-state index is 0.583. The average molecular weight is 754 g/mol. The van der Waals surface area contributed by atoms with Crippen LogP contribution in [0.2, 0.25) is 0 Å². The summed E-state index contributed by atoms with van der Waals surface area (Å²) in [6.45, 7) is 0. The highest BCUT2D eigenvalue weighted by atomic mass is 16.3. The van der Waals surface area contributed by atoms with Crippen molar-refractivity contribution in [3.05, 3.63) is 212 Å². The van der Waals surface area contributed by atoms with E-state index in [1.807, 2.05) is 24.3 Å². The molecule has 0 fully saturated rings. The zero-order valence-corrected chi connectivity index (χ0v) is 32.0. The first-order chi connectivity index (χ1) is 29.2. The Kier molecular flexibility index (Phi) is 8.45. The van der Waals surface area contributed by atoms with Gasteiger partial charge in [-0.2, -0.15) is 0 Å². The summed E-state index contributed by atoms with van der Waals surface area (Å²) in [6.07, 6.45) is 0. The minimum absolute atomic E-state index is 0.583. The summed E-state index contributed by atoms with van der Waals surface area (Å²) in [7, 11) is 0. The lowest BCUT2D eigenvalue weighted by Gasteiger charge is -2.11. The summed E-state index contributed by atoms with van der Waals surface area (Å²) in [5.41, 5.74) is 13.3. The van der Waals surface area contributed by atoms with E-state index < -0.39 is 0 Å². The summed E-state index contributed by atoms with van der Waals surface area (Å²) in [5.74, 6) is 1.78. The molecule has 0 bridgehead atoms. The smallest absolute Gasteiger partial charge is 0.164 e. The highest BCUT2D eigenvalue weighted by molar-refractivity contribution is 6.15. The van der Waals surface area contributed by atoms with Crippen molar-refractivity contribution >= 4 is 32.7 Å². The summed E-state index contributed by atoms with van der Waals surface area (Å²) in [5, 5.41) is 4.39. The van der Waals surface area contributed by atoms with Crippen molar-refractivity contribution in [1.29, 1.82) is 0 Å². The van der Waals surface area contributed by atoms with Gasteiger partial charge in [-0.1, -0.05) is 194 Å². The zero-order chi connectivity index (χ0) is 39.1. The third-order valence-electron chi connectivity index (χ3n) is 11.2. The number of hydrogen-bond acceptors (Lipinski definition) is 4. The maximum Gasteiger partial charge on any atom is 0.164 e. The molecule has 0 atom stereocenters. The molecule has 11 rings (SSSR count). The van der Waals surface area contributed by atoms with Crippen molar-refractivity contribution in [2.45, 2.75) is 0 Å². The Hall–Kier alpha value is -7.95. The lowest BCUT2D eigenvalue weighted by atomic mass is 9.98. The lowest BCUT2D eigenvalue weighted by molar-refractivity contribution is 0.670. The van der Waals surface area contributed by atoms with Gasteiger partial charge in [0.25, 0.3) is 0 Å². The molecule has 59 heavy (non-hydrogen) atoms. The molecule has 0 aliphatic rings. The van der Waals surface area contributed by atoms with Crippen LogP contribution in [0.1, 0.15) is 0 Å². The monoisotopic (exact) mass is 753 g/mol. The van der Waals surface area contributed by atoms with E-state index in [0.717, 1.165) is 72.0 Å². The number of aromatic nitrogens is 3. The highest BCUT2D eigenvalue weighted by Gasteiger charge is 2.20. The number of hydrogen-bond donors (Lipinski definition) is 0. The molecule has 0 saturated carbocycles. The van der Waals surface area contributed by atoms with E-state index in [9.17, 15) is 0 Å². The Balaban J connectivity index is 1.05. The zero-order valence-electron chi connectivity index (χ0n) is 32.0. The van der Waals surface area contributed by atoms with Gasteiger partial charge < -0.3 is 4.42 Å². The molecule has 4 heteroatoms. The van der Waals surface area contributed by atoms with Gasteiger partial charge in [-0.25, -0.2) is 15.0 Å². The fourth-order valence-corrected chi connectivity index (χ4v) is 8.14. The van der Waals surface area contributed by atoms with Crippen LogP contribution in [0.5, 0.6) is 0 Å². The second-order valence-electron chi connectivity index (χ2n) is 14.8. The Morgan fingerprint density at radius 3 is 1.51 bits per heavy atom. The van der Waals surface area contributed by atoms with Gasteiger partial charge in [0.1, 0.15) is 11.2 Å². The molecular weight excluding hydrogens is 719 g/mol. The Labute approximate surface area is 341 Å². The van der Waals surface area contributed by atoms with Gasteiger partial charge in [-0.15, -0.1) is 0 Å². The van der Waals surface area contributed by atoms with E-state index in [1.54, 1.807) is 0 Å². The van der Waals surface area contributed by atoms with Crippen LogP contribution in [-0.4, -0.2) is 15.0 Å². The van der Waals surface area contributed by atoms with Crippen LogP contribution in [0.25, 0.3) is 111 Å². The molecule has 9 aromatic carbocycles. The van der Waals surface area contributed by atoms with Crippen molar-refractivity contribution in [3.63, 3.8) is 0 Å². The molecule has 0 aliphatic carbocycles. The van der Waals surface area contributed by atoms with Crippen molar-refractivity contribution in [2.75, 3.05) is 0 Å². The number of fused-ring (bicyclic) bond motifs is 4. The Bertz CT molecular complexity index is 3300. The molecule has 0 saturated heterocycles. The van der Waals surface area contributed by atoms with Crippen LogP contribution in [0, 0.1) is 0 Å². The SMILES string of the molecule is c1ccc(-c2ccc(-c3nc(-c4cccc(-c5ccc6ccccc6c5)c4)nc(-c4cccc5oc6c(-c7ccc(-c8ccccc8)cc7)cccc6c45)n3)cc2)cc1. The first kappa shape index (κ1) is 34.3. The molecule has 2 aromatic heterocycles. The van der Waals surface area contributed by atoms with Crippen LogP contribution < -0.4 is 0 Å². The molecule has 0 aliphatic heterocycles. The predicted molar refractivity (Wildman–Crippen MR) is 243 cm³/mol. The molecule has 276 valence electrons. The normalized spacial score (nSPS) is 11.4. The maximum atomic E-state index is 6.72. The van der Waals surface area contributed by atoms with Crippen LogP contribution in [0.15, 0.2) is 217 Å². The molecule has 0 amide bonds. The summed E-state index contributed by atoms with van der Waals surface area (Å²) in [6, 6.07) is 74.0. The van der Waals surface area contributed by atoms with Gasteiger partial charge in [-0.3, -0.25) is 0 Å². The Morgan fingerprint density at radius 1 is 0.288 bits per heavy atom. The first-order valence-corrected chi connectivity index (χ1v) is 19.8. The van der Waals surface area contributed by atoms with Gasteiger partial charge in [0.05, 0.1) is 0 Å². The average Bonchev–Trinajstić information content (AvgIpc) is 3.71. The van der Waals surface area contributed by atoms with Gasteiger partial charge in [0.15, 0.2) is 17.5 Å². The van der Waals surface area contributed by atoms with Crippen LogP contribution in [0.3, 0.4) is 0 Å². The fourth-order valence-electron chi connectivity index (χ4n) is 8.14. The number of nitrogens with zero attached hydrogens (tertiary/aromatic N) is 3. The van der Waals surface area contributed by atoms with E-state index in [-0.39, 0.29) is 0 Å². The summed E-state index contributed by atoms with van der Waals surface area (Å²) < 4.78 is 6.72. The van der Waals surface area contributed by atoms with E-state index in [0.29, 0.717) is 17.5 Å². The van der Waals surface area contributed by atoms with Gasteiger partial charge in [0.2, 0.25) is 0 Å². The topological polar surface area (TPSA) is 51.8 Å². The second-order valence-corrected chi connectivity index (χ2v) is 14.8. The highest BCUT2D eigenvalue weighted by Crippen LogP contribution is 2.41. The van der Waals surface area contributed by atoms with Crippen molar-refractivity contribution in [1.82, 2.24) is 15.0 Å². The minimum Gasteiger partial charge on any atom is -0.455 e. The maximum absolute atomic E-state index is 6.72. The van der Waals surface area contributed by atoms with Crippen LogP contribution >= 0.6 is 0 Å². The van der Waals surface area contributed by atoms with Crippen LogP contribution in [0.4, 0.5) is 0 Å². The fraction of sp³-hybridized carbons (Fsp3) is 0. The van der Waals surface area contributed by atoms with Crippen molar-refractivity contribution < 1.29 is 4.42 Å². The van der Waals surface area contributed by atoms with Crippen molar-refractivity contribution in [3.8, 4) is 78.7 Å². The van der Waals surface area contributed by atoms with E-state index in [4.69, 9.17) is 19.4 Å². The molecular formula is C55H35N3O. The van der Waals surface area contributed by atoms with Gasteiger partial charge >= 0.3 is 0 Å². The van der Waals surface area contributed by atoms with Crippen LogP contribution in [-0.2, 0) is 0 Å². The standard InChI is InChI=1S/C55H35N3O/c1-3-12-36(13-4-1)39-24-29-41(30-25-39)47-20-10-21-48-51-49(22-11-23-50(51)59-52(47)48)55-57-53(42-31-26-40(27-32-42)37-14-5-2-6-15-37)56-54(58-55)46-19-9-18-44(35-46)45-33-28-38-16-7-8-17-43(38)34-45/h1-35H. The molecule has 4 nitrogen and oxygen atoms in total. The first-order valence-electron chi connectivity index (χ1n) is 19.8. The number of benzene rings is 9. The molecule has 11 aromatic rings. The molecule has 0 unspecified atom stereocenters. The molecule has 0 radical (unpaired) electrons. The number of furan rings is 1. The van der Waals surface area contributed by atoms with Gasteiger partial charge in [0, 0.05) is 33.0 Å². The Morgan fingerprint density at radius 2 is 0.780 bits per heavy atom. The number of para-hydroxylation sites is 1. The van der Waals surface area contributed by atoms with Crippen molar-refractivity contribution in [2.24, 2.45) is 0 Å². The van der Waals surface area contributed by atoms with E-state index >= 15 is 0 Å². The van der Waals surface area contributed by atoms with E-state index in [2.05, 4.69) is 188 Å². The van der Waals surface area contributed by atoms with E-state index in [1.165, 1.54) is 21.9 Å². The second kappa shape index (κ2) is 14.5. The predicted octanol–water partition coefficient (Wildman–Crippen LogP) is 14.6. The largest absolute Gasteiger partial charge is 0.455 e. The lowest BCUT2D eigenvalue weighted by Crippen LogP contribution is -2.00.